The first-order valence-electron chi connectivity index (χ1n) is 10.1. The lowest BCUT2D eigenvalue weighted by Gasteiger charge is -2.22. The van der Waals surface area contributed by atoms with Crippen molar-refractivity contribution in [3.05, 3.63) is 52.4 Å². The number of fused-ring (bicyclic) bond motifs is 1. The van der Waals surface area contributed by atoms with Gasteiger partial charge in [0.05, 0.1) is 18.1 Å². The normalized spacial score (nSPS) is 15.6. The van der Waals surface area contributed by atoms with Crippen molar-refractivity contribution in [2.24, 2.45) is 0 Å². The molecule has 0 radical (unpaired) electrons. The summed E-state index contributed by atoms with van der Waals surface area (Å²) in [5.41, 5.74) is 2.06. The van der Waals surface area contributed by atoms with E-state index in [4.69, 9.17) is 5.10 Å². The SMILES string of the molecule is O=c1[nH]ccc2c1c(Nc1ccc(CNCC(F)(F)F)cc1)nn2C1CCCCC1. The molecule has 0 spiro atoms. The Morgan fingerprint density at radius 3 is 2.53 bits per heavy atom. The van der Waals surface area contributed by atoms with Gasteiger partial charge in [0.25, 0.3) is 5.56 Å². The summed E-state index contributed by atoms with van der Waals surface area (Å²) in [4.78, 5) is 15.2. The Kier molecular flexibility index (Phi) is 5.80. The molecular formula is C21H24F3N5O. The van der Waals surface area contributed by atoms with Crippen molar-refractivity contribution in [2.45, 2.75) is 50.9 Å². The standard InChI is InChI=1S/C21H24F3N5O/c22-21(23,24)13-25-12-14-6-8-15(9-7-14)27-19-18-17(10-11-26-20(18)30)29(28-19)16-4-2-1-3-5-16/h6-11,16,25H,1-5,12-13H2,(H,26,30)(H,27,28). The summed E-state index contributed by atoms with van der Waals surface area (Å²) >= 11 is 0. The topological polar surface area (TPSA) is 74.7 Å². The van der Waals surface area contributed by atoms with Crippen molar-refractivity contribution < 1.29 is 13.2 Å². The largest absolute Gasteiger partial charge is 0.401 e. The second kappa shape index (κ2) is 8.51. The first-order chi connectivity index (χ1) is 14.4. The molecule has 30 heavy (non-hydrogen) atoms. The highest BCUT2D eigenvalue weighted by Crippen LogP contribution is 2.32. The fourth-order valence-corrected chi connectivity index (χ4v) is 3.98. The predicted molar refractivity (Wildman–Crippen MR) is 110 cm³/mol. The molecule has 0 atom stereocenters. The Labute approximate surface area is 171 Å². The number of hydrogen-bond donors (Lipinski definition) is 3. The Morgan fingerprint density at radius 2 is 1.83 bits per heavy atom. The van der Waals surface area contributed by atoms with Crippen LogP contribution in [-0.2, 0) is 6.54 Å². The molecular weight excluding hydrogens is 395 g/mol. The maximum atomic E-state index is 12.5. The minimum Gasteiger partial charge on any atom is -0.338 e. The van der Waals surface area contributed by atoms with Crippen molar-refractivity contribution in [3.63, 3.8) is 0 Å². The van der Waals surface area contributed by atoms with Gasteiger partial charge in [0.2, 0.25) is 0 Å². The van der Waals surface area contributed by atoms with Gasteiger partial charge in [-0.15, -0.1) is 0 Å². The quantitative estimate of drug-likeness (QED) is 0.545. The van der Waals surface area contributed by atoms with Gasteiger partial charge in [-0.1, -0.05) is 31.4 Å². The zero-order valence-corrected chi connectivity index (χ0v) is 16.4. The third-order valence-electron chi connectivity index (χ3n) is 5.42. The van der Waals surface area contributed by atoms with Crippen LogP contribution in [0.1, 0.15) is 43.7 Å². The maximum Gasteiger partial charge on any atom is 0.401 e. The number of aromatic amines is 1. The molecule has 0 unspecified atom stereocenters. The maximum absolute atomic E-state index is 12.5. The van der Waals surface area contributed by atoms with Crippen LogP contribution in [0.4, 0.5) is 24.7 Å². The van der Waals surface area contributed by atoms with Gasteiger partial charge in [0.1, 0.15) is 5.39 Å². The molecule has 2 heterocycles. The third-order valence-corrected chi connectivity index (χ3v) is 5.42. The summed E-state index contributed by atoms with van der Waals surface area (Å²) in [5, 5.41) is 10.8. The number of halogens is 3. The van der Waals surface area contributed by atoms with Crippen LogP contribution in [-0.4, -0.2) is 27.5 Å². The van der Waals surface area contributed by atoms with Gasteiger partial charge in [-0.2, -0.15) is 18.3 Å². The number of nitrogens with zero attached hydrogens (tertiary/aromatic N) is 2. The molecule has 1 fully saturated rings. The number of hydrogen-bond acceptors (Lipinski definition) is 4. The summed E-state index contributed by atoms with van der Waals surface area (Å²) in [7, 11) is 0. The molecule has 160 valence electrons. The molecule has 0 aliphatic heterocycles. The summed E-state index contributed by atoms with van der Waals surface area (Å²) in [6.45, 7) is -0.904. The Morgan fingerprint density at radius 1 is 1.10 bits per heavy atom. The monoisotopic (exact) mass is 419 g/mol. The lowest BCUT2D eigenvalue weighted by atomic mass is 9.95. The summed E-state index contributed by atoms with van der Waals surface area (Å²) in [5.74, 6) is 0.486. The van der Waals surface area contributed by atoms with Crippen LogP contribution < -0.4 is 16.2 Å². The van der Waals surface area contributed by atoms with Gasteiger partial charge < -0.3 is 15.6 Å². The van der Waals surface area contributed by atoms with Gasteiger partial charge in [0.15, 0.2) is 5.82 Å². The van der Waals surface area contributed by atoms with Crippen molar-refractivity contribution >= 4 is 22.4 Å². The van der Waals surface area contributed by atoms with Gasteiger partial charge in [0, 0.05) is 18.4 Å². The van der Waals surface area contributed by atoms with Crippen LogP contribution in [0.15, 0.2) is 41.3 Å². The minimum absolute atomic E-state index is 0.124. The van der Waals surface area contributed by atoms with E-state index in [2.05, 4.69) is 15.6 Å². The Balaban J connectivity index is 1.54. The van der Waals surface area contributed by atoms with Gasteiger partial charge in [-0.25, -0.2) is 0 Å². The number of rotatable bonds is 6. The van der Waals surface area contributed by atoms with Gasteiger partial charge >= 0.3 is 6.18 Å². The van der Waals surface area contributed by atoms with E-state index in [1.807, 2.05) is 10.7 Å². The van der Waals surface area contributed by atoms with E-state index in [-0.39, 0.29) is 18.1 Å². The molecule has 0 amide bonds. The van der Waals surface area contributed by atoms with E-state index in [1.54, 1.807) is 30.5 Å². The van der Waals surface area contributed by atoms with Crippen molar-refractivity contribution in [2.75, 3.05) is 11.9 Å². The molecule has 9 heteroatoms. The predicted octanol–water partition coefficient (Wildman–Crippen LogP) is 4.63. The van der Waals surface area contributed by atoms with Crippen LogP contribution in [0.25, 0.3) is 10.9 Å². The molecule has 3 N–H and O–H groups in total. The number of alkyl halides is 3. The summed E-state index contributed by atoms with van der Waals surface area (Å²) in [6.07, 6.45) is 3.03. The lowest BCUT2D eigenvalue weighted by molar-refractivity contribution is -0.125. The smallest absolute Gasteiger partial charge is 0.338 e. The summed E-state index contributed by atoms with van der Waals surface area (Å²) in [6, 6.07) is 9.19. The molecule has 1 saturated carbocycles. The van der Waals surface area contributed by atoms with E-state index < -0.39 is 12.7 Å². The summed E-state index contributed by atoms with van der Waals surface area (Å²) < 4.78 is 38.7. The Hall–Kier alpha value is -2.81. The number of H-pyrrole nitrogens is 1. The van der Waals surface area contributed by atoms with Crippen molar-refractivity contribution in [1.82, 2.24) is 20.1 Å². The van der Waals surface area contributed by atoms with Crippen LogP contribution in [0, 0.1) is 0 Å². The highest BCUT2D eigenvalue weighted by molar-refractivity contribution is 5.91. The van der Waals surface area contributed by atoms with Crippen molar-refractivity contribution in [1.29, 1.82) is 0 Å². The van der Waals surface area contributed by atoms with E-state index in [0.717, 1.165) is 36.8 Å². The van der Waals surface area contributed by atoms with E-state index >= 15 is 0 Å². The number of anilines is 2. The number of nitrogens with one attached hydrogen (secondary N) is 3. The molecule has 6 nitrogen and oxygen atoms in total. The first kappa shape index (κ1) is 20.5. The zero-order chi connectivity index (χ0) is 21.1. The van der Waals surface area contributed by atoms with E-state index in [9.17, 15) is 18.0 Å². The number of aromatic nitrogens is 3. The number of benzene rings is 1. The molecule has 2 aromatic heterocycles. The number of pyridine rings is 1. The van der Waals surface area contributed by atoms with Crippen LogP contribution >= 0.6 is 0 Å². The molecule has 1 aliphatic rings. The van der Waals surface area contributed by atoms with Gasteiger partial charge in [-0.05, 0) is 36.6 Å². The molecule has 0 bridgehead atoms. The van der Waals surface area contributed by atoms with E-state index in [0.29, 0.717) is 16.9 Å². The zero-order valence-electron chi connectivity index (χ0n) is 16.4. The average molecular weight is 419 g/mol. The average Bonchev–Trinajstić information content (AvgIpc) is 3.09. The van der Waals surface area contributed by atoms with Gasteiger partial charge in [-0.3, -0.25) is 9.48 Å². The molecule has 3 aromatic rings. The first-order valence-corrected chi connectivity index (χ1v) is 10.1. The fraction of sp³-hybridized carbons (Fsp3) is 0.429. The van der Waals surface area contributed by atoms with Crippen molar-refractivity contribution in [3.8, 4) is 0 Å². The fourth-order valence-electron chi connectivity index (χ4n) is 3.98. The second-order valence-corrected chi connectivity index (χ2v) is 7.69. The molecule has 1 aliphatic carbocycles. The molecule has 1 aromatic carbocycles. The van der Waals surface area contributed by atoms with Crippen LogP contribution in [0.5, 0.6) is 0 Å². The van der Waals surface area contributed by atoms with E-state index in [1.165, 1.54) is 6.42 Å². The molecule has 0 saturated heterocycles. The second-order valence-electron chi connectivity index (χ2n) is 7.69. The highest BCUT2D eigenvalue weighted by atomic mass is 19.4. The van der Waals surface area contributed by atoms with Crippen LogP contribution in [0.3, 0.4) is 0 Å². The highest BCUT2D eigenvalue weighted by Gasteiger charge is 2.26. The minimum atomic E-state index is -4.23. The molecule has 4 rings (SSSR count). The Bertz CT molecular complexity index is 1050. The van der Waals surface area contributed by atoms with Crippen LogP contribution in [0.2, 0.25) is 0 Å². The third kappa shape index (κ3) is 4.67. The lowest BCUT2D eigenvalue weighted by Crippen LogP contribution is -2.28.